The van der Waals surface area contributed by atoms with Crippen LogP contribution in [0.4, 0.5) is 5.69 Å². The number of amides is 3. The highest BCUT2D eigenvalue weighted by Crippen LogP contribution is 2.14. The molecule has 3 N–H and O–H groups in total. The number of primary amides is 1. The topological polar surface area (TPSA) is 119 Å². The van der Waals surface area contributed by atoms with Gasteiger partial charge in [-0.2, -0.15) is 0 Å². The highest BCUT2D eigenvalue weighted by atomic mass is 16.5. The average Bonchev–Trinajstić information content (AvgIpc) is 2.71. The van der Waals surface area contributed by atoms with Crippen LogP contribution in [0.15, 0.2) is 60.7 Å². The quantitative estimate of drug-likeness (QED) is 0.623. The van der Waals surface area contributed by atoms with Crippen molar-refractivity contribution in [2.75, 3.05) is 24.6 Å². The third kappa shape index (κ3) is 6.56. The molecule has 0 bridgehead atoms. The van der Waals surface area contributed by atoms with Crippen molar-refractivity contribution in [3.8, 4) is 0 Å². The molecule has 0 aliphatic heterocycles. The number of nitrogens with zero attached hydrogens (tertiary/aromatic N) is 1. The van der Waals surface area contributed by atoms with Gasteiger partial charge in [0, 0.05) is 24.2 Å². The van der Waals surface area contributed by atoms with Crippen molar-refractivity contribution in [3.63, 3.8) is 0 Å². The Kier molecular flexibility index (Phi) is 7.71. The Morgan fingerprint density at radius 3 is 2.14 bits per heavy atom. The molecule has 0 aromatic heterocycles. The fraction of sp³-hybridized carbons (Fsp3) is 0.200. The molecule has 0 atom stereocenters. The smallest absolute Gasteiger partial charge is 0.325 e. The maximum Gasteiger partial charge on any atom is 0.325 e. The minimum absolute atomic E-state index is 0.0261. The first kappa shape index (κ1) is 20.6. The maximum atomic E-state index is 12.4. The van der Waals surface area contributed by atoms with Crippen LogP contribution in [-0.2, 0) is 19.1 Å². The summed E-state index contributed by atoms with van der Waals surface area (Å²) in [5.74, 6) is -2.22. The SMILES string of the molecule is NC(=O)CCN(C(=O)COC(=O)CNC(=O)c1ccccc1)c1ccccc1. The molecule has 28 heavy (non-hydrogen) atoms. The van der Waals surface area contributed by atoms with E-state index in [1.807, 2.05) is 0 Å². The molecule has 0 fully saturated rings. The second-order valence-electron chi connectivity index (χ2n) is 5.81. The minimum atomic E-state index is -0.749. The predicted molar refractivity (Wildman–Crippen MR) is 102 cm³/mol. The zero-order valence-electron chi connectivity index (χ0n) is 15.2. The molecule has 0 spiro atoms. The molecular formula is C20H21N3O5. The van der Waals surface area contributed by atoms with Crippen LogP contribution in [0.5, 0.6) is 0 Å². The van der Waals surface area contributed by atoms with Gasteiger partial charge in [0.25, 0.3) is 11.8 Å². The van der Waals surface area contributed by atoms with E-state index in [0.29, 0.717) is 11.3 Å². The molecule has 0 unspecified atom stereocenters. The number of benzene rings is 2. The first-order valence-electron chi connectivity index (χ1n) is 8.60. The minimum Gasteiger partial charge on any atom is -0.454 e. The van der Waals surface area contributed by atoms with Gasteiger partial charge in [0.05, 0.1) is 0 Å². The molecular weight excluding hydrogens is 362 g/mol. The van der Waals surface area contributed by atoms with Crippen LogP contribution in [0, 0.1) is 0 Å². The van der Waals surface area contributed by atoms with Gasteiger partial charge >= 0.3 is 5.97 Å². The highest BCUT2D eigenvalue weighted by molar-refractivity contribution is 5.97. The van der Waals surface area contributed by atoms with Gasteiger partial charge in [-0.3, -0.25) is 19.2 Å². The van der Waals surface area contributed by atoms with E-state index in [1.165, 1.54) is 4.90 Å². The lowest BCUT2D eigenvalue weighted by Crippen LogP contribution is -2.38. The van der Waals surface area contributed by atoms with Gasteiger partial charge in [0.2, 0.25) is 5.91 Å². The zero-order valence-corrected chi connectivity index (χ0v) is 15.2. The Balaban J connectivity index is 1.86. The molecule has 3 amide bonds. The number of carbonyl (C=O) groups is 4. The van der Waals surface area contributed by atoms with E-state index in [-0.39, 0.29) is 19.5 Å². The monoisotopic (exact) mass is 383 g/mol. The first-order chi connectivity index (χ1) is 13.5. The molecule has 0 saturated carbocycles. The molecule has 2 aromatic carbocycles. The van der Waals surface area contributed by atoms with E-state index >= 15 is 0 Å². The second-order valence-corrected chi connectivity index (χ2v) is 5.81. The first-order valence-corrected chi connectivity index (χ1v) is 8.60. The summed E-state index contributed by atoms with van der Waals surface area (Å²) in [5.41, 5.74) is 6.12. The van der Waals surface area contributed by atoms with Crippen molar-refractivity contribution in [2.45, 2.75) is 6.42 Å². The van der Waals surface area contributed by atoms with Crippen molar-refractivity contribution in [3.05, 3.63) is 66.2 Å². The third-order valence-corrected chi connectivity index (χ3v) is 3.74. The van der Waals surface area contributed by atoms with Gasteiger partial charge in [0.1, 0.15) is 6.54 Å². The maximum absolute atomic E-state index is 12.4. The largest absolute Gasteiger partial charge is 0.454 e. The number of hydrogen-bond donors (Lipinski definition) is 2. The Hall–Kier alpha value is -3.68. The number of nitrogens with two attached hydrogens (primary N) is 1. The molecule has 8 heteroatoms. The van der Waals surface area contributed by atoms with Crippen LogP contribution in [-0.4, -0.2) is 43.4 Å². The average molecular weight is 383 g/mol. The van der Waals surface area contributed by atoms with Crippen LogP contribution in [0.2, 0.25) is 0 Å². The standard InChI is InChI=1S/C20H21N3O5/c21-17(24)11-12-23(16-9-5-2-6-10-16)18(25)14-28-19(26)13-22-20(27)15-7-3-1-4-8-15/h1-10H,11-14H2,(H2,21,24)(H,22,27). The van der Waals surface area contributed by atoms with E-state index in [2.05, 4.69) is 5.32 Å². The van der Waals surface area contributed by atoms with Gasteiger partial charge < -0.3 is 20.7 Å². The summed E-state index contributed by atoms with van der Waals surface area (Å²) in [6.07, 6.45) is -0.0261. The Morgan fingerprint density at radius 2 is 1.54 bits per heavy atom. The molecule has 0 heterocycles. The molecule has 2 aromatic rings. The second kappa shape index (κ2) is 10.5. The van der Waals surface area contributed by atoms with Gasteiger partial charge in [0.15, 0.2) is 6.61 Å². The normalized spacial score (nSPS) is 10.0. The molecule has 8 nitrogen and oxygen atoms in total. The van der Waals surface area contributed by atoms with Crippen LogP contribution in [0.3, 0.4) is 0 Å². The van der Waals surface area contributed by atoms with Crippen molar-refractivity contribution in [2.24, 2.45) is 5.73 Å². The Labute approximate surface area is 162 Å². The molecule has 2 rings (SSSR count). The van der Waals surface area contributed by atoms with Crippen molar-refractivity contribution >= 4 is 29.4 Å². The summed E-state index contributed by atoms with van der Waals surface area (Å²) in [7, 11) is 0. The number of hydrogen-bond acceptors (Lipinski definition) is 5. The summed E-state index contributed by atoms with van der Waals surface area (Å²) in [5, 5.41) is 2.42. The summed E-state index contributed by atoms with van der Waals surface area (Å²) < 4.78 is 4.94. The summed E-state index contributed by atoms with van der Waals surface area (Å²) >= 11 is 0. The van der Waals surface area contributed by atoms with E-state index in [4.69, 9.17) is 10.5 Å². The van der Waals surface area contributed by atoms with Gasteiger partial charge in [-0.25, -0.2) is 0 Å². The number of ether oxygens (including phenoxy) is 1. The summed E-state index contributed by atoms with van der Waals surface area (Å²) in [4.78, 5) is 48.5. The summed E-state index contributed by atoms with van der Waals surface area (Å²) in [6.45, 7) is -0.818. The number of nitrogens with one attached hydrogen (secondary N) is 1. The lowest BCUT2D eigenvalue weighted by Gasteiger charge is -2.22. The van der Waals surface area contributed by atoms with Crippen LogP contribution in [0.25, 0.3) is 0 Å². The number of anilines is 1. The lowest BCUT2D eigenvalue weighted by atomic mass is 10.2. The lowest BCUT2D eigenvalue weighted by molar-refractivity contribution is -0.146. The van der Waals surface area contributed by atoms with Gasteiger partial charge in [-0.15, -0.1) is 0 Å². The summed E-state index contributed by atoms with van der Waals surface area (Å²) in [6, 6.07) is 17.1. The Morgan fingerprint density at radius 1 is 0.929 bits per heavy atom. The predicted octanol–water partition coefficient (Wildman–Crippen LogP) is 0.868. The van der Waals surface area contributed by atoms with E-state index < -0.39 is 30.3 Å². The van der Waals surface area contributed by atoms with Gasteiger partial charge in [-0.1, -0.05) is 36.4 Å². The van der Waals surface area contributed by atoms with Crippen molar-refractivity contribution < 1.29 is 23.9 Å². The molecule has 146 valence electrons. The third-order valence-electron chi connectivity index (χ3n) is 3.74. The number of carbonyl (C=O) groups excluding carboxylic acids is 4. The molecule has 0 radical (unpaired) electrons. The highest BCUT2D eigenvalue weighted by Gasteiger charge is 2.18. The van der Waals surface area contributed by atoms with E-state index in [9.17, 15) is 19.2 Å². The van der Waals surface area contributed by atoms with Crippen LogP contribution in [0.1, 0.15) is 16.8 Å². The van der Waals surface area contributed by atoms with E-state index in [0.717, 1.165) is 0 Å². The van der Waals surface area contributed by atoms with Crippen LogP contribution < -0.4 is 16.0 Å². The fourth-order valence-corrected chi connectivity index (χ4v) is 2.34. The number of esters is 1. The zero-order chi connectivity index (χ0) is 20.4. The fourth-order valence-electron chi connectivity index (χ4n) is 2.34. The molecule has 0 aliphatic carbocycles. The van der Waals surface area contributed by atoms with E-state index in [1.54, 1.807) is 60.7 Å². The number of para-hydroxylation sites is 1. The Bertz CT molecular complexity index is 824. The number of rotatable bonds is 9. The molecule has 0 aliphatic rings. The van der Waals surface area contributed by atoms with Crippen LogP contribution >= 0.6 is 0 Å². The van der Waals surface area contributed by atoms with Gasteiger partial charge in [-0.05, 0) is 24.3 Å². The van der Waals surface area contributed by atoms with Crippen molar-refractivity contribution in [1.82, 2.24) is 5.32 Å². The van der Waals surface area contributed by atoms with Crippen molar-refractivity contribution in [1.29, 1.82) is 0 Å². The molecule has 0 saturated heterocycles.